The van der Waals surface area contributed by atoms with Gasteiger partial charge < -0.3 is 24.1 Å². The van der Waals surface area contributed by atoms with Gasteiger partial charge in [0.25, 0.3) is 5.89 Å². The number of benzene rings is 3. The quantitative estimate of drug-likeness (QED) is 0.378. The molecule has 0 spiro atoms. The van der Waals surface area contributed by atoms with E-state index in [1.807, 2.05) is 43.3 Å². The van der Waals surface area contributed by atoms with Crippen LogP contribution in [0.15, 0.2) is 77.2 Å². The predicted octanol–water partition coefficient (Wildman–Crippen LogP) is 4.62. The lowest BCUT2D eigenvalue weighted by atomic mass is 10.1. The summed E-state index contributed by atoms with van der Waals surface area (Å²) in [5.41, 5.74) is 3.30. The number of carbonyl (C=O) groups is 2. The van der Waals surface area contributed by atoms with Gasteiger partial charge in [-0.15, -0.1) is 10.2 Å². The van der Waals surface area contributed by atoms with Gasteiger partial charge in [-0.1, -0.05) is 18.2 Å². The second-order valence-corrected chi connectivity index (χ2v) is 8.72. The fraction of sp³-hybridized carbons (Fsp3) is 0.214. The van der Waals surface area contributed by atoms with Crippen molar-refractivity contribution in [1.82, 2.24) is 10.2 Å². The van der Waals surface area contributed by atoms with Crippen LogP contribution >= 0.6 is 0 Å². The maximum atomic E-state index is 12.8. The van der Waals surface area contributed by atoms with Crippen LogP contribution in [0.1, 0.15) is 17.9 Å². The summed E-state index contributed by atoms with van der Waals surface area (Å²) in [6.07, 6.45) is 0.160. The summed E-state index contributed by atoms with van der Waals surface area (Å²) in [5.74, 6) is 1.39. The molecule has 1 atom stereocenters. The number of nitrogens with zero attached hydrogens (tertiary/aromatic N) is 3. The highest BCUT2D eigenvalue weighted by Crippen LogP contribution is 2.28. The Morgan fingerprint density at radius 2 is 1.76 bits per heavy atom. The lowest BCUT2D eigenvalue weighted by Gasteiger charge is -2.17. The van der Waals surface area contributed by atoms with Crippen molar-refractivity contribution < 1.29 is 23.5 Å². The van der Waals surface area contributed by atoms with Gasteiger partial charge in [0.2, 0.25) is 17.7 Å². The van der Waals surface area contributed by atoms with Crippen LogP contribution in [-0.4, -0.2) is 35.7 Å². The molecule has 5 rings (SSSR count). The molecule has 1 fully saturated rings. The second kappa shape index (κ2) is 10.5. The summed E-state index contributed by atoms with van der Waals surface area (Å²) in [7, 11) is 1.59. The van der Waals surface area contributed by atoms with Crippen molar-refractivity contribution in [3.05, 3.63) is 84.3 Å². The molecule has 0 radical (unpaired) electrons. The number of hydrogen-bond donors (Lipinski definition) is 1. The van der Waals surface area contributed by atoms with Crippen LogP contribution < -0.4 is 19.7 Å². The molecule has 0 aliphatic carbocycles. The van der Waals surface area contributed by atoms with E-state index in [1.54, 1.807) is 48.4 Å². The normalized spacial score (nSPS) is 15.0. The number of nitrogens with one attached hydrogen (secondary N) is 1. The van der Waals surface area contributed by atoms with Crippen LogP contribution in [-0.2, 0) is 16.2 Å². The van der Waals surface area contributed by atoms with E-state index in [0.717, 1.165) is 16.8 Å². The van der Waals surface area contributed by atoms with Gasteiger partial charge in [0.1, 0.15) is 11.5 Å². The molecule has 0 unspecified atom stereocenters. The highest BCUT2D eigenvalue weighted by Gasteiger charge is 2.35. The fourth-order valence-corrected chi connectivity index (χ4v) is 4.15. The summed E-state index contributed by atoms with van der Waals surface area (Å²) < 4.78 is 16.6. The summed E-state index contributed by atoms with van der Waals surface area (Å²) in [6, 6.07) is 22.0. The van der Waals surface area contributed by atoms with Crippen LogP contribution in [0.4, 0.5) is 11.4 Å². The van der Waals surface area contributed by atoms with Crippen molar-refractivity contribution >= 4 is 23.2 Å². The molecule has 3 aromatic carbocycles. The maximum Gasteiger partial charge on any atom is 0.254 e. The second-order valence-electron chi connectivity index (χ2n) is 8.72. The minimum atomic E-state index is -0.439. The van der Waals surface area contributed by atoms with Gasteiger partial charge in [0, 0.05) is 29.9 Å². The van der Waals surface area contributed by atoms with Gasteiger partial charge >= 0.3 is 0 Å². The third kappa shape index (κ3) is 5.45. The van der Waals surface area contributed by atoms with Gasteiger partial charge in [-0.3, -0.25) is 9.59 Å². The van der Waals surface area contributed by atoms with E-state index in [-0.39, 0.29) is 24.8 Å². The van der Waals surface area contributed by atoms with E-state index in [0.29, 0.717) is 35.5 Å². The Balaban J connectivity index is 1.14. The monoisotopic (exact) mass is 498 g/mol. The van der Waals surface area contributed by atoms with E-state index in [2.05, 4.69) is 15.5 Å². The Kier molecular flexibility index (Phi) is 6.85. The first kappa shape index (κ1) is 24.1. The molecule has 9 heteroatoms. The summed E-state index contributed by atoms with van der Waals surface area (Å²) in [5, 5.41) is 11.0. The molecular weight excluding hydrogens is 472 g/mol. The van der Waals surface area contributed by atoms with Crippen LogP contribution in [0.25, 0.3) is 11.5 Å². The fourth-order valence-electron chi connectivity index (χ4n) is 4.15. The molecule has 188 valence electrons. The SMILES string of the molecule is COc1ccc(N2C[C@@H](C(=O)Nc3ccc(OCc4nnc(-c5ccccc5C)o4)cc3)CC2=O)cc1. The molecule has 2 heterocycles. The molecule has 2 amide bonds. The zero-order valence-electron chi connectivity index (χ0n) is 20.5. The van der Waals surface area contributed by atoms with Crippen LogP contribution in [0.5, 0.6) is 11.5 Å². The highest BCUT2D eigenvalue weighted by atomic mass is 16.5. The molecule has 0 bridgehead atoms. The molecule has 0 saturated carbocycles. The number of carbonyl (C=O) groups excluding carboxylic acids is 2. The van der Waals surface area contributed by atoms with Gasteiger partial charge in [-0.05, 0) is 67.1 Å². The Labute approximate surface area is 214 Å². The highest BCUT2D eigenvalue weighted by molar-refractivity contribution is 6.03. The molecule has 1 aliphatic heterocycles. The third-order valence-electron chi connectivity index (χ3n) is 6.21. The largest absolute Gasteiger partial charge is 0.497 e. The molecule has 1 N–H and O–H groups in total. The minimum Gasteiger partial charge on any atom is -0.497 e. The zero-order valence-corrected chi connectivity index (χ0v) is 20.5. The third-order valence-corrected chi connectivity index (χ3v) is 6.21. The zero-order chi connectivity index (χ0) is 25.8. The summed E-state index contributed by atoms with van der Waals surface area (Å²) >= 11 is 0. The molecule has 37 heavy (non-hydrogen) atoms. The average Bonchev–Trinajstić information content (AvgIpc) is 3.55. The minimum absolute atomic E-state index is 0.0827. The number of ether oxygens (including phenoxy) is 2. The number of anilines is 2. The van der Waals surface area contributed by atoms with E-state index in [9.17, 15) is 9.59 Å². The topological polar surface area (TPSA) is 107 Å². The molecule has 9 nitrogen and oxygen atoms in total. The van der Waals surface area contributed by atoms with E-state index >= 15 is 0 Å². The van der Waals surface area contributed by atoms with Crippen molar-refractivity contribution in [3.8, 4) is 23.0 Å². The first-order valence-electron chi connectivity index (χ1n) is 11.9. The first-order chi connectivity index (χ1) is 18.0. The lowest BCUT2D eigenvalue weighted by Crippen LogP contribution is -2.28. The Bertz CT molecular complexity index is 1400. The average molecular weight is 499 g/mol. The maximum absolute atomic E-state index is 12.8. The van der Waals surface area contributed by atoms with Crippen LogP contribution in [0.3, 0.4) is 0 Å². The Morgan fingerprint density at radius 3 is 2.49 bits per heavy atom. The van der Waals surface area contributed by atoms with Gasteiger partial charge in [0.15, 0.2) is 6.61 Å². The smallest absolute Gasteiger partial charge is 0.254 e. The molecule has 1 aromatic heterocycles. The summed E-state index contributed by atoms with van der Waals surface area (Å²) in [4.78, 5) is 26.9. The molecule has 4 aromatic rings. The lowest BCUT2D eigenvalue weighted by molar-refractivity contribution is -0.122. The number of aryl methyl sites for hydroxylation is 1. The van der Waals surface area contributed by atoms with Crippen molar-refractivity contribution in [2.24, 2.45) is 5.92 Å². The number of hydrogen-bond acceptors (Lipinski definition) is 7. The van der Waals surface area contributed by atoms with Gasteiger partial charge in [-0.25, -0.2) is 0 Å². The van der Waals surface area contributed by atoms with Crippen LogP contribution in [0, 0.1) is 12.8 Å². The molecular formula is C28H26N4O5. The first-order valence-corrected chi connectivity index (χ1v) is 11.9. The van der Waals surface area contributed by atoms with Crippen molar-refractivity contribution in [2.75, 3.05) is 23.9 Å². The van der Waals surface area contributed by atoms with Crippen molar-refractivity contribution in [3.63, 3.8) is 0 Å². The van der Waals surface area contributed by atoms with Crippen molar-refractivity contribution in [2.45, 2.75) is 20.0 Å². The van der Waals surface area contributed by atoms with E-state index < -0.39 is 5.92 Å². The Morgan fingerprint density at radius 1 is 1.03 bits per heavy atom. The van der Waals surface area contributed by atoms with Gasteiger partial charge in [-0.2, -0.15) is 0 Å². The summed E-state index contributed by atoms with van der Waals surface area (Å²) in [6.45, 7) is 2.43. The van der Waals surface area contributed by atoms with Crippen LogP contribution in [0.2, 0.25) is 0 Å². The van der Waals surface area contributed by atoms with Crippen molar-refractivity contribution in [1.29, 1.82) is 0 Å². The number of methoxy groups -OCH3 is 1. The number of amides is 2. The standard InChI is InChI=1S/C28H26N4O5/c1-18-5-3-4-6-24(18)28-31-30-25(37-28)17-36-23-11-7-20(8-12-23)29-27(34)19-15-26(33)32(16-19)21-9-13-22(35-2)14-10-21/h3-14,19H,15-17H2,1-2H3,(H,29,34)/t19-/m0/s1. The number of aromatic nitrogens is 2. The van der Waals surface area contributed by atoms with E-state index in [4.69, 9.17) is 13.9 Å². The molecule has 1 aliphatic rings. The number of rotatable bonds is 8. The van der Waals surface area contributed by atoms with Gasteiger partial charge in [0.05, 0.1) is 13.0 Å². The predicted molar refractivity (Wildman–Crippen MR) is 137 cm³/mol. The molecule has 1 saturated heterocycles. The Hall–Kier alpha value is -4.66. The van der Waals surface area contributed by atoms with E-state index in [1.165, 1.54) is 0 Å².